The van der Waals surface area contributed by atoms with E-state index in [1.54, 1.807) is 0 Å². The number of carbonyl (C=O) groups is 1. The topological polar surface area (TPSA) is 29.5 Å². The minimum Gasteiger partial charge on any atom is -0.444 e. The van der Waals surface area contributed by atoms with Crippen LogP contribution >= 0.6 is 15.9 Å². The maximum Gasteiger partial charge on any atom is 0.414 e. The lowest BCUT2D eigenvalue weighted by Gasteiger charge is -2.31. The Kier molecular flexibility index (Phi) is 4.31. The number of halogens is 1. The molecule has 1 fully saturated rings. The van der Waals surface area contributed by atoms with Crippen molar-refractivity contribution in [2.75, 3.05) is 4.90 Å². The summed E-state index contributed by atoms with van der Waals surface area (Å²) in [5.41, 5.74) is 3.32. The molecule has 3 nitrogen and oxygen atoms in total. The predicted octanol–water partition coefficient (Wildman–Crippen LogP) is 5.63. The molecule has 0 saturated heterocycles. The van der Waals surface area contributed by atoms with E-state index in [0.29, 0.717) is 12.5 Å². The summed E-state index contributed by atoms with van der Waals surface area (Å²) in [5.74, 6) is 0.440. The number of benzene rings is 2. The van der Waals surface area contributed by atoms with Crippen molar-refractivity contribution in [3.63, 3.8) is 0 Å². The Balaban J connectivity index is 1.58. The minimum atomic E-state index is -0.225. The summed E-state index contributed by atoms with van der Waals surface area (Å²) < 4.78 is 6.70. The molecule has 0 radical (unpaired) electrons. The maximum absolute atomic E-state index is 12.8. The molecule has 24 heavy (non-hydrogen) atoms. The van der Waals surface area contributed by atoms with Crippen molar-refractivity contribution >= 4 is 27.7 Å². The molecule has 1 aliphatic heterocycles. The molecule has 0 unspecified atom stereocenters. The van der Waals surface area contributed by atoms with Gasteiger partial charge in [-0.05, 0) is 42.2 Å². The van der Waals surface area contributed by atoms with Gasteiger partial charge in [-0.3, -0.25) is 4.90 Å². The first-order valence-corrected chi connectivity index (χ1v) is 9.33. The largest absolute Gasteiger partial charge is 0.444 e. The standard InChI is InChI=1S/C20H20BrNO2/c21-15-10-11-19-17(12-15)16-8-4-5-9-18(16)22(19)20(23)24-13-14-6-2-1-3-7-14/h1-3,6-7,10-12,16,18H,4-5,8-9,13H2/t16-,18-/m1/s1. The molecule has 1 saturated carbocycles. The zero-order valence-electron chi connectivity index (χ0n) is 13.5. The van der Waals surface area contributed by atoms with Gasteiger partial charge >= 0.3 is 6.09 Å². The fourth-order valence-corrected chi connectivity index (χ4v) is 4.40. The first-order chi connectivity index (χ1) is 11.7. The Morgan fingerprint density at radius 1 is 1.12 bits per heavy atom. The third kappa shape index (κ3) is 2.84. The van der Waals surface area contributed by atoms with Gasteiger partial charge in [0.25, 0.3) is 0 Å². The fourth-order valence-electron chi connectivity index (χ4n) is 4.03. The Morgan fingerprint density at radius 2 is 1.92 bits per heavy atom. The molecular formula is C20H20BrNO2. The average molecular weight is 386 g/mol. The summed E-state index contributed by atoms with van der Waals surface area (Å²) in [6, 6.07) is 16.3. The first-order valence-electron chi connectivity index (χ1n) is 8.53. The smallest absolute Gasteiger partial charge is 0.414 e. The summed E-state index contributed by atoms with van der Waals surface area (Å²) in [4.78, 5) is 14.7. The molecule has 1 amide bonds. The zero-order chi connectivity index (χ0) is 16.5. The molecule has 2 aromatic carbocycles. The van der Waals surface area contributed by atoms with Crippen LogP contribution in [-0.4, -0.2) is 12.1 Å². The highest BCUT2D eigenvalue weighted by molar-refractivity contribution is 9.10. The highest BCUT2D eigenvalue weighted by Gasteiger charge is 2.43. The molecule has 124 valence electrons. The predicted molar refractivity (Wildman–Crippen MR) is 98.2 cm³/mol. The number of ether oxygens (including phenoxy) is 1. The van der Waals surface area contributed by atoms with Gasteiger partial charge in [0.1, 0.15) is 6.61 Å². The third-order valence-electron chi connectivity index (χ3n) is 5.11. The number of amides is 1. The van der Waals surface area contributed by atoms with E-state index in [4.69, 9.17) is 4.74 Å². The Labute approximate surface area is 150 Å². The Bertz CT molecular complexity index is 747. The van der Waals surface area contributed by atoms with E-state index in [2.05, 4.69) is 22.0 Å². The van der Waals surface area contributed by atoms with Crippen LogP contribution in [0.5, 0.6) is 0 Å². The van der Waals surface area contributed by atoms with Gasteiger partial charge in [-0.2, -0.15) is 0 Å². The van der Waals surface area contributed by atoms with Gasteiger partial charge in [-0.25, -0.2) is 4.79 Å². The van der Waals surface area contributed by atoms with Crippen molar-refractivity contribution in [3.05, 3.63) is 64.1 Å². The van der Waals surface area contributed by atoms with Gasteiger partial charge in [0.2, 0.25) is 0 Å². The molecule has 0 N–H and O–H groups in total. The van der Waals surface area contributed by atoms with Crippen LogP contribution in [0.4, 0.5) is 10.5 Å². The van der Waals surface area contributed by atoms with Gasteiger partial charge in [0.05, 0.1) is 5.69 Å². The highest BCUT2D eigenvalue weighted by Crippen LogP contribution is 2.48. The van der Waals surface area contributed by atoms with E-state index < -0.39 is 0 Å². The molecule has 2 atom stereocenters. The van der Waals surface area contributed by atoms with Gasteiger partial charge < -0.3 is 4.74 Å². The maximum atomic E-state index is 12.8. The molecule has 0 spiro atoms. The van der Waals surface area contributed by atoms with Crippen molar-refractivity contribution in [1.29, 1.82) is 0 Å². The molecular weight excluding hydrogens is 366 g/mol. The normalized spacial score (nSPS) is 22.0. The quantitative estimate of drug-likeness (QED) is 0.669. The molecule has 0 aromatic heterocycles. The first kappa shape index (κ1) is 15.7. The highest BCUT2D eigenvalue weighted by atomic mass is 79.9. The lowest BCUT2D eigenvalue weighted by molar-refractivity contribution is 0.143. The second-order valence-corrected chi connectivity index (χ2v) is 7.49. The summed E-state index contributed by atoms with van der Waals surface area (Å²) >= 11 is 3.57. The summed E-state index contributed by atoms with van der Waals surface area (Å²) in [5, 5.41) is 0. The molecule has 4 rings (SSSR count). The number of carbonyl (C=O) groups excluding carboxylic acids is 1. The van der Waals surface area contributed by atoms with Crippen LogP contribution in [0.15, 0.2) is 53.0 Å². The van der Waals surface area contributed by atoms with E-state index in [1.165, 1.54) is 18.4 Å². The number of hydrogen-bond donors (Lipinski definition) is 0. The lowest BCUT2D eigenvalue weighted by Crippen LogP contribution is -2.40. The van der Waals surface area contributed by atoms with Crippen LogP contribution in [0.25, 0.3) is 0 Å². The zero-order valence-corrected chi connectivity index (χ0v) is 15.0. The SMILES string of the molecule is O=C(OCc1ccccc1)N1c2ccc(Br)cc2[C@H]2CCCC[C@H]21. The molecule has 1 aliphatic carbocycles. The van der Waals surface area contributed by atoms with Gasteiger partial charge in [-0.15, -0.1) is 0 Å². The van der Waals surface area contributed by atoms with E-state index in [9.17, 15) is 4.79 Å². The van der Waals surface area contributed by atoms with Crippen LogP contribution < -0.4 is 4.90 Å². The van der Waals surface area contributed by atoms with Crippen LogP contribution in [0, 0.1) is 0 Å². The summed E-state index contributed by atoms with van der Waals surface area (Å²) in [7, 11) is 0. The second kappa shape index (κ2) is 6.60. The monoisotopic (exact) mass is 385 g/mol. The van der Waals surface area contributed by atoms with Crippen molar-refractivity contribution in [2.24, 2.45) is 0 Å². The fraction of sp³-hybridized carbons (Fsp3) is 0.350. The average Bonchev–Trinajstić information content (AvgIpc) is 2.94. The van der Waals surface area contributed by atoms with E-state index in [-0.39, 0.29) is 12.1 Å². The summed E-state index contributed by atoms with van der Waals surface area (Å²) in [6.45, 7) is 0.319. The minimum absolute atomic E-state index is 0.225. The Morgan fingerprint density at radius 3 is 2.75 bits per heavy atom. The van der Waals surface area contributed by atoms with Crippen LogP contribution in [0.3, 0.4) is 0 Å². The van der Waals surface area contributed by atoms with E-state index in [1.807, 2.05) is 47.4 Å². The number of fused-ring (bicyclic) bond motifs is 3. The van der Waals surface area contributed by atoms with Crippen molar-refractivity contribution in [1.82, 2.24) is 0 Å². The summed E-state index contributed by atoms with van der Waals surface area (Å²) in [6.07, 6.45) is 4.39. The van der Waals surface area contributed by atoms with Crippen LogP contribution in [-0.2, 0) is 11.3 Å². The molecule has 4 heteroatoms. The number of anilines is 1. The van der Waals surface area contributed by atoms with Crippen LogP contribution in [0.2, 0.25) is 0 Å². The van der Waals surface area contributed by atoms with E-state index >= 15 is 0 Å². The van der Waals surface area contributed by atoms with Crippen molar-refractivity contribution in [3.8, 4) is 0 Å². The van der Waals surface area contributed by atoms with E-state index in [0.717, 1.165) is 28.6 Å². The molecule has 2 aliphatic rings. The van der Waals surface area contributed by atoms with Crippen molar-refractivity contribution < 1.29 is 9.53 Å². The number of nitrogens with zero attached hydrogens (tertiary/aromatic N) is 1. The van der Waals surface area contributed by atoms with Crippen LogP contribution in [0.1, 0.15) is 42.7 Å². The second-order valence-electron chi connectivity index (χ2n) is 6.57. The van der Waals surface area contributed by atoms with Gasteiger partial charge in [-0.1, -0.05) is 59.1 Å². The van der Waals surface area contributed by atoms with Gasteiger partial charge in [0.15, 0.2) is 0 Å². The number of rotatable bonds is 2. The molecule has 0 bridgehead atoms. The molecule has 1 heterocycles. The lowest BCUT2D eigenvalue weighted by atomic mass is 9.82. The number of hydrogen-bond acceptors (Lipinski definition) is 2. The third-order valence-corrected chi connectivity index (χ3v) is 5.60. The van der Waals surface area contributed by atoms with Crippen molar-refractivity contribution in [2.45, 2.75) is 44.2 Å². The molecule has 2 aromatic rings. The van der Waals surface area contributed by atoms with Gasteiger partial charge in [0, 0.05) is 16.4 Å². The Hall–Kier alpha value is -1.81.